The van der Waals surface area contributed by atoms with Gasteiger partial charge in [0.1, 0.15) is 6.17 Å². The number of hydrogen-bond acceptors (Lipinski definition) is 1. The van der Waals surface area contributed by atoms with Crippen LogP contribution in [0, 0.1) is 5.92 Å². The SMILES string of the molecule is Cl.NCC1CCCC(F)C1. The second-order valence-corrected chi connectivity index (χ2v) is 2.87. The van der Waals surface area contributed by atoms with Crippen molar-refractivity contribution in [2.45, 2.75) is 31.9 Å². The van der Waals surface area contributed by atoms with Crippen molar-refractivity contribution in [3.8, 4) is 0 Å². The maximum atomic E-state index is 12.6. The molecule has 0 bridgehead atoms. The van der Waals surface area contributed by atoms with E-state index in [1.165, 1.54) is 0 Å². The Hall–Kier alpha value is 0.180. The van der Waals surface area contributed by atoms with E-state index in [9.17, 15) is 4.39 Å². The number of rotatable bonds is 1. The molecular formula is C7H15ClFN. The maximum absolute atomic E-state index is 12.6. The van der Waals surface area contributed by atoms with E-state index in [0.29, 0.717) is 18.9 Å². The number of alkyl halides is 1. The molecule has 10 heavy (non-hydrogen) atoms. The highest BCUT2D eigenvalue weighted by Gasteiger charge is 2.19. The van der Waals surface area contributed by atoms with Crippen molar-refractivity contribution in [1.29, 1.82) is 0 Å². The Labute approximate surface area is 67.6 Å². The first-order chi connectivity index (χ1) is 4.33. The average Bonchev–Trinajstić information content (AvgIpc) is 1.88. The number of halogens is 2. The van der Waals surface area contributed by atoms with E-state index >= 15 is 0 Å². The summed E-state index contributed by atoms with van der Waals surface area (Å²) in [6.45, 7) is 0.667. The lowest BCUT2D eigenvalue weighted by Gasteiger charge is -2.22. The molecule has 0 radical (unpaired) electrons. The molecule has 0 aromatic carbocycles. The molecule has 0 heterocycles. The zero-order valence-corrected chi connectivity index (χ0v) is 6.87. The monoisotopic (exact) mass is 167 g/mol. The topological polar surface area (TPSA) is 26.0 Å². The summed E-state index contributed by atoms with van der Waals surface area (Å²) < 4.78 is 12.6. The Bertz CT molecular complexity index is 89.7. The summed E-state index contributed by atoms with van der Waals surface area (Å²) in [4.78, 5) is 0. The summed E-state index contributed by atoms with van der Waals surface area (Å²) in [5.41, 5.74) is 5.40. The van der Waals surface area contributed by atoms with E-state index in [2.05, 4.69) is 0 Å². The lowest BCUT2D eigenvalue weighted by Crippen LogP contribution is -2.22. The van der Waals surface area contributed by atoms with Gasteiger partial charge in [0.25, 0.3) is 0 Å². The van der Waals surface area contributed by atoms with Crippen LogP contribution in [0.1, 0.15) is 25.7 Å². The molecule has 2 unspecified atom stereocenters. The molecule has 62 valence electrons. The predicted octanol–water partition coefficient (Wildman–Crippen LogP) is 1.90. The van der Waals surface area contributed by atoms with Crippen molar-refractivity contribution in [3.63, 3.8) is 0 Å². The van der Waals surface area contributed by atoms with Crippen LogP contribution in [-0.4, -0.2) is 12.7 Å². The van der Waals surface area contributed by atoms with E-state index in [-0.39, 0.29) is 12.4 Å². The molecule has 1 rings (SSSR count). The van der Waals surface area contributed by atoms with Gasteiger partial charge in [-0.15, -0.1) is 12.4 Å². The minimum absolute atomic E-state index is 0. The molecule has 0 saturated heterocycles. The minimum Gasteiger partial charge on any atom is -0.330 e. The summed E-state index contributed by atoms with van der Waals surface area (Å²) in [5.74, 6) is 0.466. The first-order valence-electron chi connectivity index (χ1n) is 3.67. The van der Waals surface area contributed by atoms with Crippen molar-refractivity contribution in [2.75, 3.05) is 6.54 Å². The second kappa shape index (κ2) is 4.91. The minimum atomic E-state index is -0.563. The quantitative estimate of drug-likeness (QED) is 0.635. The zero-order chi connectivity index (χ0) is 6.69. The Balaban J connectivity index is 0.000000810. The van der Waals surface area contributed by atoms with Gasteiger partial charge in [-0.05, 0) is 31.7 Å². The van der Waals surface area contributed by atoms with Crippen LogP contribution in [0.2, 0.25) is 0 Å². The van der Waals surface area contributed by atoms with Gasteiger partial charge in [0, 0.05) is 0 Å². The molecule has 0 aliphatic heterocycles. The second-order valence-electron chi connectivity index (χ2n) is 2.87. The Kier molecular flexibility index (Phi) is 5.00. The molecule has 0 aromatic rings. The van der Waals surface area contributed by atoms with Gasteiger partial charge in [0.2, 0.25) is 0 Å². The molecule has 0 spiro atoms. The van der Waals surface area contributed by atoms with E-state index in [4.69, 9.17) is 5.73 Å². The van der Waals surface area contributed by atoms with Crippen molar-refractivity contribution in [2.24, 2.45) is 11.7 Å². The normalized spacial score (nSPS) is 33.0. The average molecular weight is 168 g/mol. The third-order valence-corrected chi connectivity index (χ3v) is 2.05. The third kappa shape index (κ3) is 2.84. The highest BCUT2D eigenvalue weighted by molar-refractivity contribution is 5.85. The molecule has 2 atom stereocenters. The van der Waals surface area contributed by atoms with Gasteiger partial charge in [-0.3, -0.25) is 0 Å². The smallest absolute Gasteiger partial charge is 0.100 e. The lowest BCUT2D eigenvalue weighted by molar-refractivity contribution is 0.202. The van der Waals surface area contributed by atoms with Gasteiger partial charge in [-0.2, -0.15) is 0 Å². The highest BCUT2D eigenvalue weighted by Crippen LogP contribution is 2.24. The lowest BCUT2D eigenvalue weighted by atomic mass is 9.88. The summed E-state index contributed by atoms with van der Waals surface area (Å²) in [6, 6.07) is 0. The standard InChI is InChI=1S/C7H14FN.ClH/c8-7-3-1-2-6(4-7)5-9;/h6-7H,1-5,9H2;1H. The van der Waals surface area contributed by atoms with Crippen LogP contribution in [0.3, 0.4) is 0 Å². The summed E-state index contributed by atoms with van der Waals surface area (Å²) in [5, 5.41) is 0. The molecule has 1 saturated carbocycles. The van der Waals surface area contributed by atoms with Crippen molar-refractivity contribution < 1.29 is 4.39 Å². The van der Waals surface area contributed by atoms with Crippen LogP contribution >= 0.6 is 12.4 Å². The molecule has 0 aromatic heterocycles. The van der Waals surface area contributed by atoms with Crippen LogP contribution < -0.4 is 5.73 Å². The Morgan fingerprint density at radius 1 is 1.40 bits per heavy atom. The number of hydrogen-bond donors (Lipinski definition) is 1. The number of nitrogens with two attached hydrogens (primary N) is 1. The Morgan fingerprint density at radius 2 is 2.10 bits per heavy atom. The Morgan fingerprint density at radius 3 is 2.50 bits per heavy atom. The van der Waals surface area contributed by atoms with Gasteiger partial charge in [-0.1, -0.05) is 6.42 Å². The molecule has 1 aliphatic carbocycles. The van der Waals surface area contributed by atoms with E-state index < -0.39 is 6.17 Å². The highest BCUT2D eigenvalue weighted by atomic mass is 35.5. The fourth-order valence-electron chi connectivity index (χ4n) is 1.44. The van der Waals surface area contributed by atoms with Gasteiger partial charge < -0.3 is 5.73 Å². The van der Waals surface area contributed by atoms with Crippen molar-refractivity contribution in [1.82, 2.24) is 0 Å². The molecule has 0 amide bonds. The molecule has 1 aliphatic rings. The first kappa shape index (κ1) is 10.2. The van der Waals surface area contributed by atoms with Crippen LogP contribution in [-0.2, 0) is 0 Å². The fourth-order valence-corrected chi connectivity index (χ4v) is 1.44. The predicted molar refractivity (Wildman–Crippen MR) is 43.2 cm³/mol. The van der Waals surface area contributed by atoms with Crippen molar-refractivity contribution in [3.05, 3.63) is 0 Å². The van der Waals surface area contributed by atoms with Crippen LogP contribution in [0.15, 0.2) is 0 Å². The largest absolute Gasteiger partial charge is 0.330 e. The van der Waals surface area contributed by atoms with Crippen molar-refractivity contribution >= 4 is 12.4 Å². The van der Waals surface area contributed by atoms with Gasteiger partial charge in [0.15, 0.2) is 0 Å². The maximum Gasteiger partial charge on any atom is 0.100 e. The third-order valence-electron chi connectivity index (χ3n) is 2.05. The molecule has 1 fully saturated rings. The van der Waals surface area contributed by atoms with E-state index in [1.54, 1.807) is 0 Å². The summed E-state index contributed by atoms with van der Waals surface area (Å²) >= 11 is 0. The van der Waals surface area contributed by atoms with E-state index in [0.717, 1.165) is 19.3 Å². The van der Waals surface area contributed by atoms with Crippen LogP contribution in [0.4, 0.5) is 4.39 Å². The van der Waals surface area contributed by atoms with Crippen LogP contribution in [0.5, 0.6) is 0 Å². The summed E-state index contributed by atoms with van der Waals surface area (Å²) in [7, 11) is 0. The summed E-state index contributed by atoms with van der Waals surface area (Å²) in [6.07, 6.45) is 3.07. The van der Waals surface area contributed by atoms with Gasteiger partial charge >= 0.3 is 0 Å². The molecule has 1 nitrogen and oxygen atoms in total. The van der Waals surface area contributed by atoms with Gasteiger partial charge in [0.05, 0.1) is 0 Å². The van der Waals surface area contributed by atoms with E-state index in [1.807, 2.05) is 0 Å². The molecule has 2 N–H and O–H groups in total. The van der Waals surface area contributed by atoms with Crippen LogP contribution in [0.25, 0.3) is 0 Å². The fraction of sp³-hybridized carbons (Fsp3) is 1.00. The molecular weight excluding hydrogens is 153 g/mol. The molecule has 3 heteroatoms. The van der Waals surface area contributed by atoms with Gasteiger partial charge in [-0.25, -0.2) is 4.39 Å². The first-order valence-corrected chi connectivity index (χ1v) is 3.67. The zero-order valence-electron chi connectivity index (χ0n) is 6.05.